The predicted octanol–water partition coefficient (Wildman–Crippen LogP) is 1.22. The minimum absolute atomic E-state index is 0.0258. The molecular weight excluding hydrogens is 244 g/mol. The summed E-state index contributed by atoms with van der Waals surface area (Å²) in [5.41, 5.74) is 7.12. The van der Waals surface area contributed by atoms with E-state index in [1.165, 1.54) is 12.0 Å². The molecule has 0 heterocycles. The van der Waals surface area contributed by atoms with Gasteiger partial charge in [-0.25, -0.2) is 0 Å². The molecule has 19 heavy (non-hydrogen) atoms. The van der Waals surface area contributed by atoms with Crippen LogP contribution in [-0.4, -0.2) is 36.5 Å². The van der Waals surface area contributed by atoms with Crippen LogP contribution in [0.15, 0.2) is 24.3 Å². The second-order valence-corrected chi connectivity index (χ2v) is 4.61. The number of nitrogens with two attached hydrogens (primary N) is 1. The van der Waals surface area contributed by atoms with E-state index in [1.54, 1.807) is 12.1 Å². The maximum Gasteiger partial charge on any atom is 0.325 e. The van der Waals surface area contributed by atoms with Crippen LogP contribution in [0.2, 0.25) is 0 Å². The first-order chi connectivity index (χ1) is 8.93. The van der Waals surface area contributed by atoms with Gasteiger partial charge in [0.25, 0.3) is 0 Å². The minimum Gasteiger partial charge on any atom is -0.468 e. The van der Waals surface area contributed by atoms with E-state index in [0.29, 0.717) is 5.69 Å². The molecule has 0 bridgehead atoms. The van der Waals surface area contributed by atoms with Crippen molar-refractivity contribution in [3.8, 4) is 0 Å². The molecule has 0 aromatic heterocycles. The molecule has 1 aromatic carbocycles. The van der Waals surface area contributed by atoms with Crippen LogP contribution in [0.5, 0.6) is 0 Å². The quantitative estimate of drug-likeness (QED) is 0.641. The Bertz CT molecular complexity index is 441. The lowest BCUT2D eigenvalue weighted by atomic mass is 10.1. The molecule has 0 aliphatic carbocycles. The molecule has 1 aromatic rings. The summed E-state index contributed by atoms with van der Waals surface area (Å²) in [5, 5.41) is 0. The van der Waals surface area contributed by atoms with Crippen molar-refractivity contribution in [2.75, 3.05) is 19.4 Å². The highest BCUT2D eigenvalue weighted by atomic mass is 16.5. The third kappa shape index (κ3) is 4.62. The largest absolute Gasteiger partial charge is 0.468 e. The molecule has 5 heteroatoms. The van der Waals surface area contributed by atoms with E-state index in [9.17, 15) is 9.59 Å². The van der Waals surface area contributed by atoms with E-state index in [4.69, 9.17) is 5.73 Å². The van der Waals surface area contributed by atoms with E-state index >= 15 is 0 Å². The van der Waals surface area contributed by atoms with Crippen molar-refractivity contribution < 1.29 is 14.3 Å². The average Bonchev–Trinajstić information content (AvgIpc) is 2.37. The first kappa shape index (κ1) is 15.0. The fraction of sp³-hybridized carbons (Fsp3) is 0.429. The Balaban J connectivity index is 2.71. The van der Waals surface area contributed by atoms with Crippen molar-refractivity contribution in [2.45, 2.75) is 26.3 Å². The summed E-state index contributed by atoms with van der Waals surface area (Å²) < 4.78 is 4.60. The second-order valence-electron chi connectivity index (χ2n) is 4.61. The fourth-order valence-corrected chi connectivity index (χ4v) is 1.67. The molecule has 5 nitrogen and oxygen atoms in total. The summed E-state index contributed by atoms with van der Waals surface area (Å²) in [6.07, 6.45) is 0.245. The first-order valence-electron chi connectivity index (χ1n) is 6.14. The molecule has 1 amide bonds. The van der Waals surface area contributed by atoms with Gasteiger partial charge in [0.2, 0.25) is 5.91 Å². The normalized spacial score (nSPS) is 10.3. The van der Waals surface area contributed by atoms with E-state index in [-0.39, 0.29) is 24.9 Å². The van der Waals surface area contributed by atoms with Gasteiger partial charge >= 0.3 is 5.97 Å². The van der Waals surface area contributed by atoms with Crippen LogP contribution >= 0.6 is 0 Å². The second kappa shape index (κ2) is 6.78. The summed E-state index contributed by atoms with van der Waals surface area (Å²) in [6, 6.07) is 7.07. The molecule has 0 saturated heterocycles. The van der Waals surface area contributed by atoms with E-state index < -0.39 is 5.97 Å². The summed E-state index contributed by atoms with van der Waals surface area (Å²) in [6.45, 7) is 3.70. The smallest absolute Gasteiger partial charge is 0.325 e. The number of rotatable bonds is 5. The maximum atomic E-state index is 12.2. The van der Waals surface area contributed by atoms with Gasteiger partial charge in [0.1, 0.15) is 6.54 Å². The molecule has 0 unspecified atom stereocenters. The number of carbonyl (C=O) groups excluding carboxylic acids is 2. The maximum absolute atomic E-state index is 12.2. The molecule has 0 saturated carbocycles. The van der Waals surface area contributed by atoms with E-state index in [2.05, 4.69) is 4.74 Å². The minimum atomic E-state index is -0.417. The molecule has 0 radical (unpaired) electrons. The number of esters is 1. The molecule has 1 rings (SSSR count). The number of nitrogen functional groups attached to an aromatic ring is 1. The van der Waals surface area contributed by atoms with Crippen LogP contribution in [-0.2, 0) is 20.7 Å². The monoisotopic (exact) mass is 264 g/mol. The Morgan fingerprint density at radius 1 is 1.26 bits per heavy atom. The highest BCUT2D eigenvalue weighted by Crippen LogP contribution is 2.09. The Labute approximate surface area is 113 Å². The average molecular weight is 264 g/mol. The van der Waals surface area contributed by atoms with Gasteiger partial charge in [-0.05, 0) is 31.5 Å². The molecule has 0 aliphatic heterocycles. The summed E-state index contributed by atoms with van der Waals surface area (Å²) >= 11 is 0. The summed E-state index contributed by atoms with van der Waals surface area (Å²) in [5.74, 6) is -0.524. The van der Waals surface area contributed by atoms with E-state index in [0.717, 1.165) is 5.56 Å². The van der Waals surface area contributed by atoms with Crippen LogP contribution in [0, 0.1) is 0 Å². The number of hydrogen-bond acceptors (Lipinski definition) is 4. The number of nitrogens with zero attached hydrogens (tertiary/aromatic N) is 1. The number of ether oxygens (including phenoxy) is 1. The number of hydrogen-bond donors (Lipinski definition) is 1. The molecular formula is C14H20N2O3. The Kier molecular flexibility index (Phi) is 5.36. The highest BCUT2D eigenvalue weighted by molar-refractivity contribution is 5.83. The molecule has 0 aliphatic rings. The van der Waals surface area contributed by atoms with Crippen LogP contribution in [0.3, 0.4) is 0 Å². The van der Waals surface area contributed by atoms with Gasteiger partial charge in [0, 0.05) is 11.7 Å². The Morgan fingerprint density at radius 2 is 1.84 bits per heavy atom. The standard InChI is InChI=1S/C14H20N2O3/c1-10(2)16(9-14(18)19-3)13(17)8-11-4-6-12(15)7-5-11/h4-7,10H,8-9,15H2,1-3H3. The number of methoxy groups -OCH3 is 1. The van der Waals surface area contributed by atoms with Crippen LogP contribution in [0.1, 0.15) is 19.4 Å². The lowest BCUT2D eigenvalue weighted by molar-refractivity contribution is -0.148. The zero-order valence-electron chi connectivity index (χ0n) is 11.6. The third-order valence-corrected chi connectivity index (χ3v) is 2.81. The number of amides is 1. The van der Waals surface area contributed by atoms with Gasteiger partial charge in [0.15, 0.2) is 0 Å². The molecule has 0 spiro atoms. The first-order valence-corrected chi connectivity index (χ1v) is 6.14. The van der Waals surface area contributed by atoms with Crippen molar-refractivity contribution in [2.24, 2.45) is 0 Å². The zero-order valence-corrected chi connectivity index (χ0v) is 11.6. The van der Waals surface area contributed by atoms with Crippen LogP contribution in [0.25, 0.3) is 0 Å². The van der Waals surface area contributed by atoms with Crippen molar-refractivity contribution in [3.63, 3.8) is 0 Å². The highest BCUT2D eigenvalue weighted by Gasteiger charge is 2.20. The third-order valence-electron chi connectivity index (χ3n) is 2.81. The summed E-state index contributed by atoms with van der Waals surface area (Å²) in [4.78, 5) is 25.0. The Morgan fingerprint density at radius 3 is 2.32 bits per heavy atom. The molecule has 0 atom stereocenters. The summed E-state index contributed by atoms with van der Waals surface area (Å²) in [7, 11) is 1.31. The van der Waals surface area contributed by atoms with Gasteiger partial charge in [-0.1, -0.05) is 12.1 Å². The molecule has 104 valence electrons. The number of carbonyl (C=O) groups is 2. The fourth-order valence-electron chi connectivity index (χ4n) is 1.67. The lowest BCUT2D eigenvalue weighted by Crippen LogP contribution is -2.41. The predicted molar refractivity (Wildman–Crippen MR) is 73.4 cm³/mol. The molecule has 0 fully saturated rings. The van der Waals surface area contributed by atoms with Crippen molar-refractivity contribution in [1.29, 1.82) is 0 Å². The van der Waals surface area contributed by atoms with Crippen molar-refractivity contribution >= 4 is 17.6 Å². The van der Waals surface area contributed by atoms with E-state index in [1.807, 2.05) is 26.0 Å². The van der Waals surface area contributed by atoms with Crippen LogP contribution in [0.4, 0.5) is 5.69 Å². The van der Waals surface area contributed by atoms with Crippen LogP contribution < -0.4 is 5.73 Å². The van der Waals surface area contributed by atoms with Gasteiger partial charge < -0.3 is 15.4 Å². The van der Waals surface area contributed by atoms with Gasteiger partial charge in [0.05, 0.1) is 13.5 Å². The SMILES string of the molecule is COC(=O)CN(C(=O)Cc1ccc(N)cc1)C(C)C. The van der Waals surface area contributed by atoms with Gasteiger partial charge in [-0.3, -0.25) is 9.59 Å². The lowest BCUT2D eigenvalue weighted by Gasteiger charge is -2.25. The van der Waals surface area contributed by atoms with Crippen molar-refractivity contribution in [1.82, 2.24) is 4.90 Å². The number of anilines is 1. The molecule has 2 N–H and O–H groups in total. The van der Waals surface area contributed by atoms with Gasteiger partial charge in [-0.15, -0.1) is 0 Å². The van der Waals surface area contributed by atoms with Gasteiger partial charge in [-0.2, -0.15) is 0 Å². The van der Waals surface area contributed by atoms with Crippen molar-refractivity contribution in [3.05, 3.63) is 29.8 Å². The number of benzene rings is 1. The zero-order chi connectivity index (χ0) is 14.4. The topological polar surface area (TPSA) is 72.6 Å². The Hall–Kier alpha value is -2.04.